The second-order valence-electron chi connectivity index (χ2n) is 7.35. The molecular formula is C22H22N6. The fraction of sp³-hybridized carbons (Fsp3) is 0.273. The maximum absolute atomic E-state index is 4.46. The molecule has 140 valence electrons. The second-order valence-corrected chi connectivity index (χ2v) is 7.35. The Morgan fingerprint density at radius 1 is 0.964 bits per heavy atom. The van der Waals surface area contributed by atoms with Gasteiger partial charge in [0.15, 0.2) is 0 Å². The molecule has 0 fully saturated rings. The molecular weight excluding hydrogens is 348 g/mol. The van der Waals surface area contributed by atoms with Crippen LogP contribution in [0.1, 0.15) is 23.2 Å². The van der Waals surface area contributed by atoms with Gasteiger partial charge in [-0.05, 0) is 31.7 Å². The molecule has 0 saturated heterocycles. The van der Waals surface area contributed by atoms with Gasteiger partial charge in [0.1, 0.15) is 5.69 Å². The Labute approximate surface area is 163 Å². The van der Waals surface area contributed by atoms with Gasteiger partial charge in [-0.15, -0.1) is 10.2 Å². The molecule has 0 spiro atoms. The Balaban J connectivity index is 1.28. The Morgan fingerprint density at radius 2 is 1.82 bits per heavy atom. The molecule has 0 bridgehead atoms. The Kier molecular flexibility index (Phi) is 4.24. The van der Waals surface area contributed by atoms with E-state index in [0.29, 0.717) is 0 Å². The monoisotopic (exact) mass is 370 g/mol. The van der Waals surface area contributed by atoms with Crippen molar-refractivity contribution in [2.24, 2.45) is 0 Å². The summed E-state index contributed by atoms with van der Waals surface area (Å²) in [6, 6.07) is 17.0. The SMILES string of the molecule is Cc1ccc(-c2cn(CCCc3nnn4c3-c3ccccc3CC4)nn2)cc1. The van der Waals surface area contributed by atoms with E-state index in [1.807, 2.05) is 15.6 Å². The summed E-state index contributed by atoms with van der Waals surface area (Å²) in [5.41, 5.74) is 8.17. The molecule has 6 heteroatoms. The van der Waals surface area contributed by atoms with E-state index in [0.717, 1.165) is 49.3 Å². The zero-order valence-corrected chi connectivity index (χ0v) is 15.9. The normalized spacial score (nSPS) is 12.6. The minimum Gasteiger partial charge on any atom is -0.252 e. The van der Waals surface area contributed by atoms with Gasteiger partial charge in [0.25, 0.3) is 0 Å². The van der Waals surface area contributed by atoms with Crippen molar-refractivity contribution in [1.29, 1.82) is 0 Å². The van der Waals surface area contributed by atoms with E-state index in [-0.39, 0.29) is 0 Å². The molecule has 0 radical (unpaired) electrons. The van der Waals surface area contributed by atoms with Crippen molar-refractivity contribution < 1.29 is 0 Å². The predicted molar refractivity (Wildman–Crippen MR) is 108 cm³/mol. The molecule has 6 nitrogen and oxygen atoms in total. The summed E-state index contributed by atoms with van der Waals surface area (Å²) in [7, 11) is 0. The highest BCUT2D eigenvalue weighted by Gasteiger charge is 2.21. The molecule has 0 N–H and O–H groups in total. The first kappa shape index (κ1) is 16.9. The molecule has 2 aromatic heterocycles. The van der Waals surface area contributed by atoms with E-state index in [1.54, 1.807) is 0 Å². The number of rotatable bonds is 5. The lowest BCUT2D eigenvalue weighted by molar-refractivity contribution is 0.556. The van der Waals surface area contributed by atoms with Crippen LogP contribution in [0, 0.1) is 6.92 Å². The number of aryl methyl sites for hydroxylation is 5. The third kappa shape index (κ3) is 3.11. The molecule has 0 unspecified atom stereocenters. The van der Waals surface area contributed by atoms with Gasteiger partial charge in [-0.2, -0.15) is 0 Å². The molecule has 4 aromatic rings. The van der Waals surface area contributed by atoms with E-state index in [4.69, 9.17) is 0 Å². The Morgan fingerprint density at radius 3 is 2.71 bits per heavy atom. The maximum atomic E-state index is 4.46. The average molecular weight is 370 g/mol. The van der Waals surface area contributed by atoms with Crippen LogP contribution in [0.15, 0.2) is 54.7 Å². The topological polar surface area (TPSA) is 61.4 Å². The first-order chi connectivity index (χ1) is 13.8. The fourth-order valence-corrected chi connectivity index (χ4v) is 3.84. The predicted octanol–water partition coefficient (Wildman–Crippen LogP) is 3.70. The van der Waals surface area contributed by atoms with Gasteiger partial charge in [0, 0.05) is 24.2 Å². The number of fused-ring (bicyclic) bond motifs is 3. The highest BCUT2D eigenvalue weighted by Crippen LogP contribution is 2.31. The van der Waals surface area contributed by atoms with Gasteiger partial charge in [-0.25, -0.2) is 4.68 Å². The van der Waals surface area contributed by atoms with E-state index in [2.05, 4.69) is 76.1 Å². The van der Waals surface area contributed by atoms with E-state index in [1.165, 1.54) is 22.4 Å². The minimum absolute atomic E-state index is 0.812. The van der Waals surface area contributed by atoms with Gasteiger partial charge >= 0.3 is 0 Å². The van der Waals surface area contributed by atoms with Crippen LogP contribution in [0.25, 0.3) is 22.5 Å². The van der Waals surface area contributed by atoms with Crippen LogP contribution < -0.4 is 0 Å². The molecule has 1 aliphatic rings. The smallest absolute Gasteiger partial charge is 0.113 e. The van der Waals surface area contributed by atoms with Gasteiger partial charge < -0.3 is 0 Å². The Hall–Kier alpha value is -3.28. The summed E-state index contributed by atoms with van der Waals surface area (Å²) in [6.45, 7) is 3.80. The maximum Gasteiger partial charge on any atom is 0.113 e. The third-order valence-electron chi connectivity index (χ3n) is 5.36. The van der Waals surface area contributed by atoms with Crippen molar-refractivity contribution in [2.75, 3.05) is 0 Å². The number of hydrogen-bond acceptors (Lipinski definition) is 4. The molecule has 2 aromatic carbocycles. The van der Waals surface area contributed by atoms with Crippen LogP contribution in [-0.4, -0.2) is 30.0 Å². The van der Waals surface area contributed by atoms with Crippen molar-refractivity contribution in [1.82, 2.24) is 30.0 Å². The van der Waals surface area contributed by atoms with Crippen molar-refractivity contribution in [2.45, 2.75) is 39.3 Å². The number of aromatic nitrogens is 6. The average Bonchev–Trinajstić information content (AvgIpc) is 3.36. The van der Waals surface area contributed by atoms with Crippen LogP contribution >= 0.6 is 0 Å². The molecule has 0 saturated carbocycles. The van der Waals surface area contributed by atoms with Crippen molar-refractivity contribution >= 4 is 0 Å². The fourth-order valence-electron chi connectivity index (χ4n) is 3.84. The zero-order chi connectivity index (χ0) is 18.9. The van der Waals surface area contributed by atoms with Gasteiger partial charge in [0.05, 0.1) is 17.6 Å². The largest absolute Gasteiger partial charge is 0.252 e. The summed E-state index contributed by atoms with van der Waals surface area (Å²) >= 11 is 0. The summed E-state index contributed by atoms with van der Waals surface area (Å²) in [5, 5.41) is 17.4. The highest BCUT2D eigenvalue weighted by molar-refractivity contribution is 5.67. The Bertz CT molecular complexity index is 1110. The van der Waals surface area contributed by atoms with Crippen LogP contribution in [0.4, 0.5) is 0 Å². The number of hydrogen-bond donors (Lipinski definition) is 0. The highest BCUT2D eigenvalue weighted by atomic mass is 15.4. The summed E-state index contributed by atoms with van der Waals surface area (Å²) in [6.07, 6.45) is 4.86. The number of benzene rings is 2. The van der Waals surface area contributed by atoms with Crippen molar-refractivity contribution in [3.8, 4) is 22.5 Å². The quantitative estimate of drug-likeness (QED) is 0.537. The van der Waals surface area contributed by atoms with Crippen LogP contribution in [0.5, 0.6) is 0 Å². The lowest BCUT2D eigenvalue weighted by atomic mass is 9.96. The lowest BCUT2D eigenvalue weighted by Gasteiger charge is -2.17. The van der Waals surface area contributed by atoms with Crippen LogP contribution in [0.3, 0.4) is 0 Å². The van der Waals surface area contributed by atoms with Crippen molar-refractivity contribution in [3.05, 3.63) is 71.5 Å². The summed E-state index contributed by atoms with van der Waals surface area (Å²) in [4.78, 5) is 0. The first-order valence-electron chi connectivity index (χ1n) is 9.76. The van der Waals surface area contributed by atoms with E-state index in [9.17, 15) is 0 Å². The third-order valence-corrected chi connectivity index (χ3v) is 5.36. The molecule has 28 heavy (non-hydrogen) atoms. The van der Waals surface area contributed by atoms with Gasteiger partial charge in [0.2, 0.25) is 0 Å². The molecule has 0 amide bonds. The van der Waals surface area contributed by atoms with Crippen molar-refractivity contribution in [3.63, 3.8) is 0 Å². The standard InChI is InChI=1S/C22H22N6/c1-16-8-10-18(11-9-16)21-15-27(25-24-21)13-4-7-20-22-19-6-3-2-5-17(19)12-14-28(22)26-23-20/h2-3,5-6,8-11,15H,4,7,12-14H2,1H3. The van der Waals surface area contributed by atoms with E-state index >= 15 is 0 Å². The summed E-state index contributed by atoms with van der Waals surface area (Å²) < 4.78 is 3.96. The molecule has 3 heterocycles. The molecule has 0 aliphatic carbocycles. The first-order valence-corrected chi connectivity index (χ1v) is 9.76. The van der Waals surface area contributed by atoms with Gasteiger partial charge in [-0.1, -0.05) is 64.5 Å². The van der Waals surface area contributed by atoms with Crippen LogP contribution in [0.2, 0.25) is 0 Å². The number of nitrogens with zero attached hydrogens (tertiary/aromatic N) is 6. The molecule has 1 aliphatic heterocycles. The summed E-state index contributed by atoms with van der Waals surface area (Å²) in [5.74, 6) is 0. The lowest BCUT2D eigenvalue weighted by Crippen LogP contribution is -2.12. The molecule has 5 rings (SSSR count). The zero-order valence-electron chi connectivity index (χ0n) is 15.9. The minimum atomic E-state index is 0.812. The van der Waals surface area contributed by atoms with Gasteiger partial charge in [-0.3, -0.25) is 4.68 Å². The molecule has 0 atom stereocenters. The second kappa shape index (κ2) is 7.03. The van der Waals surface area contributed by atoms with E-state index < -0.39 is 0 Å². The van der Waals surface area contributed by atoms with Crippen LogP contribution in [-0.2, 0) is 25.9 Å².